The molecule has 2 aromatic rings. The lowest BCUT2D eigenvalue weighted by Crippen LogP contribution is -2.58. The second kappa shape index (κ2) is 10.2. The second-order valence-corrected chi connectivity index (χ2v) is 12.4. The summed E-state index contributed by atoms with van der Waals surface area (Å²) >= 11 is 6.19. The van der Waals surface area contributed by atoms with E-state index < -0.39 is 35.6 Å². The highest BCUT2D eigenvalue weighted by Gasteiger charge is 2.51. The van der Waals surface area contributed by atoms with Crippen LogP contribution in [0.3, 0.4) is 0 Å². The molecule has 212 valence electrons. The lowest BCUT2D eigenvalue weighted by Gasteiger charge is -2.39. The first-order chi connectivity index (χ1) is 19.1. The average molecular weight is 568 g/mol. The molecule has 0 bridgehead atoms. The number of piperidine rings is 1. The number of nitrogens with zero attached hydrogens (tertiary/aromatic N) is 2. The lowest BCUT2D eigenvalue weighted by molar-refractivity contribution is -0.141. The number of hydrogen-bond acceptors (Lipinski definition) is 5. The Morgan fingerprint density at radius 3 is 2.58 bits per heavy atom. The summed E-state index contributed by atoms with van der Waals surface area (Å²) in [5.41, 5.74) is 1.29. The molecule has 2 aliphatic carbocycles. The van der Waals surface area contributed by atoms with Crippen molar-refractivity contribution in [1.82, 2.24) is 25.4 Å². The van der Waals surface area contributed by atoms with Gasteiger partial charge in [0.05, 0.1) is 6.04 Å². The minimum Gasteiger partial charge on any atom is -0.356 e. The van der Waals surface area contributed by atoms with Crippen molar-refractivity contribution in [3.05, 3.63) is 35.0 Å². The number of carbonyl (C=O) groups is 5. The molecule has 1 spiro atoms. The molecule has 4 fully saturated rings. The first-order valence-electron chi connectivity index (χ1n) is 14.1. The van der Waals surface area contributed by atoms with Gasteiger partial charge in [-0.3, -0.25) is 24.0 Å². The Bertz CT molecular complexity index is 1410. The smallest absolute Gasteiger partial charge is 0.289 e. The van der Waals surface area contributed by atoms with Crippen molar-refractivity contribution < 1.29 is 24.0 Å². The van der Waals surface area contributed by atoms with Crippen LogP contribution in [-0.2, 0) is 26.2 Å². The molecule has 2 aliphatic heterocycles. The molecular formula is C29H34ClN5O5. The molecule has 4 amide bonds. The lowest BCUT2D eigenvalue weighted by atomic mass is 9.86. The van der Waals surface area contributed by atoms with Crippen LogP contribution in [0.2, 0.25) is 5.02 Å². The van der Waals surface area contributed by atoms with Crippen molar-refractivity contribution in [1.29, 1.82) is 0 Å². The van der Waals surface area contributed by atoms with E-state index in [0.717, 1.165) is 43.0 Å². The van der Waals surface area contributed by atoms with E-state index >= 15 is 0 Å². The third-order valence-corrected chi connectivity index (χ3v) is 9.32. The monoisotopic (exact) mass is 567 g/mol. The van der Waals surface area contributed by atoms with Gasteiger partial charge in [0, 0.05) is 48.0 Å². The van der Waals surface area contributed by atoms with Gasteiger partial charge in [-0.05, 0) is 75.0 Å². The minimum absolute atomic E-state index is 0.0144. The summed E-state index contributed by atoms with van der Waals surface area (Å²) in [7, 11) is 1.80. The second-order valence-electron chi connectivity index (χ2n) is 11.9. The van der Waals surface area contributed by atoms with E-state index in [0.29, 0.717) is 36.6 Å². The summed E-state index contributed by atoms with van der Waals surface area (Å²) < 4.78 is 1.78. The van der Waals surface area contributed by atoms with E-state index in [-0.39, 0.29) is 29.7 Å². The van der Waals surface area contributed by atoms with E-state index in [1.807, 2.05) is 6.07 Å². The molecule has 40 heavy (non-hydrogen) atoms. The van der Waals surface area contributed by atoms with Crippen LogP contribution in [0, 0.1) is 11.3 Å². The van der Waals surface area contributed by atoms with E-state index in [2.05, 4.69) is 16.0 Å². The highest BCUT2D eigenvalue weighted by molar-refractivity contribution is 6.38. The number of aryl methyl sites for hydroxylation is 1. The summed E-state index contributed by atoms with van der Waals surface area (Å²) in [6, 6.07) is 5.29. The van der Waals surface area contributed by atoms with Gasteiger partial charge in [-0.25, -0.2) is 0 Å². The van der Waals surface area contributed by atoms with E-state index in [4.69, 9.17) is 11.6 Å². The van der Waals surface area contributed by atoms with Crippen LogP contribution in [-0.4, -0.2) is 70.1 Å². The van der Waals surface area contributed by atoms with Crippen molar-refractivity contribution in [2.24, 2.45) is 18.4 Å². The molecule has 3 unspecified atom stereocenters. The molecule has 1 aromatic carbocycles. The predicted molar refractivity (Wildman–Crippen MR) is 147 cm³/mol. The summed E-state index contributed by atoms with van der Waals surface area (Å²) in [6.07, 6.45) is 5.53. The quantitative estimate of drug-likeness (QED) is 0.421. The van der Waals surface area contributed by atoms with Crippen LogP contribution in [0.25, 0.3) is 10.9 Å². The van der Waals surface area contributed by atoms with Gasteiger partial charge in [-0.1, -0.05) is 17.7 Å². The number of nitrogens with one attached hydrogen (secondary N) is 3. The fourth-order valence-corrected chi connectivity index (χ4v) is 6.36. The van der Waals surface area contributed by atoms with Crippen LogP contribution >= 0.6 is 11.6 Å². The van der Waals surface area contributed by atoms with Gasteiger partial charge in [0.1, 0.15) is 11.7 Å². The number of ketones is 1. The molecule has 0 radical (unpaired) electrons. The number of carbonyl (C=O) groups excluding carboxylic acids is 5. The Labute approximate surface area is 237 Å². The number of likely N-dealkylation sites (tertiary alicyclic amines) is 1. The van der Waals surface area contributed by atoms with Crippen LogP contribution in [0.5, 0.6) is 0 Å². The molecular weight excluding hydrogens is 534 g/mol. The number of amides is 4. The molecule has 3 heterocycles. The van der Waals surface area contributed by atoms with Crippen molar-refractivity contribution in [3.8, 4) is 0 Å². The van der Waals surface area contributed by atoms with Crippen molar-refractivity contribution >= 4 is 51.9 Å². The SMILES string of the molecule is Cn1c(C(=O)N2CCC3(CC3)CC2C(=O)NC(CC2CCNC2=O)C(=O)C(=O)NC2CC2)cc2ccc(Cl)cc21. The topological polar surface area (TPSA) is 130 Å². The van der Waals surface area contributed by atoms with Gasteiger partial charge in [-0.15, -0.1) is 0 Å². The molecule has 2 saturated heterocycles. The van der Waals surface area contributed by atoms with E-state index in [1.54, 1.807) is 34.7 Å². The average Bonchev–Trinajstić information content (AvgIpc) is 3.84. The third-order valence-electron chi connectivity index (χ3n) is 9.09. The number of hydrogen-bond donors (Lipinski definition) is 3. The van der Waals surface area contributed by atoms with Crippen LogP contribution < -0.4 is 16.0 Å². The first kappa shape index (κ1) is 26.8. The Hall–Kier alpha value is -3.40. The number of rotatable bonds is 8. The normalized spacial score (nSPS) is 24.1. The molecule has 11 heteroatoms. The number of fused-ring (bicyclic) bond motifs is 1. The zero-order valence-corrected chi connectivity index (χ0v) is 23.3. The van der Waals surface area contributed by atoms with E-state index in [1.165, 1.54) is 0 Å². The largest absolute Gasteiger partial charge is 0.356 e. The maximum absolute atomic E-state index is 13.9. The maximum Gasteiger partial charge on any atom is 0.289 e. The Morgan fingerprint density at radius 1 is 1.12 bits per heavy atom. The zero-order valence-electron chi connectivity index (χ0n) is 22.5. The van der Waals surface area contributed by atoms with Crippen molar-refractivity contribution in [3.63, 3.8) is 0 Å². The van der Waals surface area contributed by atoms with Gasteiger partial charge >= 0.3 is 0 Å². The zero-order chi connectivity index (χ0) is 28.2. The molecule has 3 N–H and O–H groups in total. The predicted octanol–water partition coefficient (Wildman–Crippen LogP) is 2.08. The van der Waals surface area contributed by atoms with Gasteiger partial charge in [0.2, 0.25) is 17.6 Å². The van der Waals surface area contributed by atoms with Gasteiger partial charge < -0.3 is 25.4 Å². The Balaban J connectivity index is 1.25. The molecule has 6 rings (SSSR count). The summed E-state index contributed by atoms with van der Waals surface area (Å²) in [6.45, 7) is 0.918. The fourth-order valence-electron chi connectivity index (χ4n) is 6.20. The van der Waals surface area contributed by atoms with Crippen molar-refractivity contribution in [2.75, 3.05) is 13.1 Å². The number of aromatic nitrogens is 1. The highest BCUT2D eigenvalue weighted by atomic mass is 35.5. The number of halogens is 1. The molecule has 2 saturated carbocycles. The Kier molecular flexibility index (Phi) is 6.84. The fraction of sp³-hybridized carbons (Fsp3) is 0.552. The number of Topliss-reactive ketones (excluding diaryl/α,β-unsaturated/α-hetero) is 1. The standard InChI is InChI=1S/C29H34ClN5O5/c1-34-21-14-18(30)3-2-16(21)13-22(34)28(40)35-11-9-29(7-8-29)15-23(35)26(38)33-20(12-17-6-10-31-25(17)37)24(36)27(39)32-19-4-5-19/h2-3,13-14,17,19-20,23H,4-12,15H2,1H3,(H,31,37)(H,32,39)(H,33,38). The molecule has 10 nitrogen and oxygen atoms in total. The van der Waals surface area contributed by atoms with Gasteiger partial charge in [-0.2, -0.15) is 0 Å². The van der Waals surface area contributed by atoms with Crippen LogP contribution in [0.15, 0.2) is 24.3 Å². The Morgan fingerprint density at radius 2 is 1.90 bits per heavy atom. The minimum atomic E-state index is -1.14. The van der Waals surface area contributed by atoms with Gasteiger partial charge in [0.15, 0.2) is 0 Å². The summed E-state index contributed by atoms with van der Waals surface area (Å²) in [4.78, 5) is 67.6. The van der Waals surface area contributed by atoms with Crippen molar-refractivity contribution in [2.45, 2.75) is 69.5 Å². The molecule has 3 atom stereocenters. The summed E-state index contributed by atoms with van der Waals surface area (Å²) in [5.74, 6) is -2.87. The van der Waals surface area contributed by atoms with Crippen LogP contribution in [0.4, 0.5) is 0 Å². The van der Waals surface area contributed by atoms with Gasteiger partial charge in [0.25, 0.3) is 11.8 Å². The summed E-state index contributed by atoms with van der Waals surface area (Å²) in [5, 5.41) is 9.70. The first-order valence-corrected chi connectivity index (χ1v) is 14.5. The molecule has 1 aromatic heterocycles. The highest BCUT2D eigenvalue weighted by Crippen LogP contribution is 2.55. The van der Waals surface area contributed by atoms with Crippen LogP contribution in [0.1, 0.15) is 61.9 Å². The van der Waals surface area contributed by atoms with E-state index in [9.17, 15) is 24.0 Å². The molecule has 4 aliphatic rings. The third kappa shape index (κ3) is 5.21. The maximum atomic E-state index is 13.9. The number of benzene rings is 1.